The van der Waals surface area contributed by atoms with Crippen LogP contribution in [0.4, 0.5) is 13.2 Å². The van der Waals surface area contributed by atoms with Crippen molar-refractivity contribution in [3.8, 4) is 5.06 Å². The van der Waals surface area contributed by atoms with Crippen LogP contribution in [-0.4, -0.2) is 33.6 Å². The maximum Gasteiger partial charge on any atom is 0.422 e. The quantitative estimate of drug-likeness (QED) is 0.582. The number of alkyl halides is 3. The summed E-state index contributed by atoms with van der Waals surface area (Å²) in [6.45, 7) is 0.441. The van der Waals surface area contributed by atoms with Crippen LogP contribution in [-0.2, 0) is 4.79 Å². The van der Waals surface area contributed by atoms with Crippen molar-refractivity contribution >= 4 is 40.0 Å². The number of nitrogens with zero attached hydrogens (tertiary/aromatic N) is 2. The van der Waals surface area contributed by atoms with Crippen molar-refractivity contribution in [1.82, 2.24) is 20.3 Å². The molecular formula is C18H16ClF3N4O2S. The average molecular weight is 445 g/mol. The molecule has 1 saturated carbocycles. The van der Waals surface area contributed by atoms with Gasteiger partial charge in [0.2, 0.25) is 5.91 Å². The van der Waals surface area contributed by atoms with Crippen molar-refractivity contribution in [1.29, 1.82) is 0 Å². The molecule has 154 valence electrons. The van der Waals surface area contributed by atoms with Gasteiger partial charge in [0.1, 0.15) is 11.3 Å². The number of imidazole rings is 1. The lowest BCUT2D eigenvalue weighted by molar-refractivity contribution is -0.152. The van der Waals surface area contributed by atoms with E-state index in [1.165, 1.54) is 12.3 Å². The van der Waals surface area contributed by atoms with Crippen LogP contribution in [0.1, 0.15) is 36.0 Å². The zero-order chi connectivity index (χ0) is 20.8. The molecule has 0 saturated heterocycles. The third-order valence-electron chi connectivity index (χ3n) is 4.57. The maximum atomic E-state index is 12.5. The van der Waals surface area contributed by atoms with Gasteiger partial charge in [0.15, 0.2) is 17.3 Å². The molecule has 0 aromatic carbocycles. The molecule has 3 aromatic rings. The smallest absolute Gasteiger partial charge is 0.422 e. The molecule has 3 aromatic heterocycles. The minimum atomic E-state index is -4.39. The number of fused-ring (bicyclic) bond motifs is 1. The van der Waals surface area contributed by atoms with E-state index in [4.69, 9.17) is 16.3 Å². The zero-order valence-corrected chi connectivity index (χ0v) is 16.7. The Morgan fingerprint density at radius 1 is 1.48 bits per heavy atom. The minimum Gasteiger partial charge on any atom is -0.475 e. The second-order valence-corrected chi connectivity index (χ2v) is 8.40. The summed E-state index contributed by atoms with van der Waals surface area (Å²) in [5, 5.41) is 3.55. The van der Waals surface area contributed by atoms with Crippen LogP contribution in [0, 0.1) is 5.92 Å². The molecule has 3 heterocycles. The van der Waals surface area contributed by atoms with Gasteiger partial charge in [0.25, 0.3) is 0 Å². The molecule has 4 rings (SSSR count). The molecule has 0 spiro atoms. The van der Waals surface area contributed by atoms with Crippen LogP contribution >= 0.6 is 22.9 Å². The number of amides is 1. The SMILES string of the molecule is C[C@@H](NC(=O)C1CC1c1nc2cc(Cl)cnc2[nH]1)c1ccc(OCC(F)(F)F)s1. The summed E-state index contributed by atoms with van der Waals surface area (Å²) in [4.78, 5) is 25.0. The molecule has 0 bridgehead atoms. The van der Waals surface area contributed by atoms with Gasteiger partial charge in [-0.25, -0.2) is 9.97 Å². The fourth-order valence-corrected chi connectivity index (χ4v) is 4.05. The summed E-state index contributed by atoms with van der Waals surface area (Å²) in [5.41, 5.74) is 1.27. The Labute approximate surface area is 172 Å². The predicted octanol–water partition coefficient (Wildman–Crippen LogP) is 4.59. The number of H-pyrrole nitrogens is 1. The molecule has 3 atom stereocenters. The lowest BCUT2D eigenvalue weighted by Gasteiger charge is -2.12. The van der Waals surface area contributed by atoms with Crippen LogP contribution in [0.15, 0.2) is 24.4 Å². The molecule has 1 fully saturated rings. The summed E-state index contributed by atoms with van der Waals surface area (Å²) in [6.07, 6.45) is -2.20. The number of carbonyl (C=O) groups excluding carboxylic acids is 1. The van der Waals surface area contributed by atoms with E-state index >= 15 is 0 Å². The van der Waals surface area contributed by atoms with E-state index < -0.39 is 12.8 Å². The van der Waals surface area contributed by atoms with Gasteiger partial charge in [-0.15, -0.1) is 11.3 Å². The normalized spacial score (nSPS) is 19.9. The standard InChI is InChI=1S/C18H16ClF3N4O2S/c1-8(13-2-3-14(29-13)28-7-18(20,21)22)24-17(27)11-5-10(11)15-25-12-4-9(19)6-23-16(12)26-15/h2-4,6,8,10-11H,5,7H2,1H3,(H,24,27)(H,23,25,26)/t8-,10?,11?/m1/s1. The molecule has 6 nitrogen and oxygen atoms in total. The number of thiophene rings is 1. The van der Waals surface area contributed by atoms with E-state index in [-0.39, 0.29) is 28.8 Å². The second kappa shape index (κ2) is 7.49. The Hall–Kier alpha value is -2.33. The van der Waals surface area contributed by atoms with Gasteiger partial charge in [-0.05, 0) is 31.5 Å². The third kappa shape index (κ3) is 4.64. The molecule has 1 aliphatic rings. The first-order valence-corrected chi connectivity index (χ1v) is 10.00. The van der Waals surface area contributed by atoms with Gasteiger partial charge in [0, 0.05) is 22.9 Å². The molecule has 0 aliphatic heterocycles. The monoisotopic (exact) mass is 444 g/mol. The molecule has 11 heteroatoms. The largest absolute Gasteiger partial charge is 0.475 e. The highest BCUT2D eigenvalue weighted by Gasteiger charge is 2.46. The first kappa shape index (κ1) is 20.0. The Bertz CT molecular complexity index is 1050. The van der Waals surface area contributed by atoms with Crippen LogP contribution in [0.3, 0.4) is 0 Å². The highest BCUT2D eigenvalue weighted by molar-refractivity contribution is 7.13. The Balaban J connectivity index is 1.34. The van der Waals surface area contributed by atoms with Crippen molar-refractivity contribution in [2.45, 2.75) is 31.5 Å². The van der Waals surface area contributed by atoms with Gasteiger partial charge < -0.3 is 15.0 Å². The molecule has 0 radical (unpaired) electrons. The lowest BCUT2D eigenvalue weighted by Crippen LogP contribution is -2.28. The minimum absolute atomic E-state index is 0.0239. The summed E-state index contributed by atoms with van der Waals surface area (Å²) in [6, 6.07) is 4.49. The number of carbonyl (C=O) groups is 1. The molecule has 2 unspecified atom stereocenters. The van der Waals surface area contributed by atoms with Crippen molar-refractivity contribution in [3.05, 3.63) is 40.1 Å². The Kier molecular flexibility index (Phi) is 5.16. The van der Waals surface area contributed by atoms with Crippen molar-refractivity contribution in [2.24, 2.45) is 5.92 Å². The van der Waals surface area contributed by atoms with E-state index in [1.54, 1.807) is 19.1 Å². The number of aromatic nitrogens is 3. The Morgan fingerprint density at radius 2 is 2.28 bits per heavy atom. The zero-order valence-electron chi connectivity index (χ0n) is 15.1. The van der Waals surface area contributed by atoms with Crippen LogP contribution < -0.4 is 10.1 Å². The summed E-state index contributed by atoms with van der Waals surface area (Å²) in [5.74, 6) is 0.334. The number of ether oxygens (including phenoxy) is 1. The van der Waals surface area contributed by atoms with Gasteiger partial charge in [0.05, 0.1) is 11.1 Å². The second-order valence-electron chi connectivity index (χ2n) is 6.88. The van der Waals surface area contributed by atoms with E-state index in [9.17, 15) is 18.0 Å². The number of hydrogen-bond donors (Lipinski definition) is 2. The van der Waals surface area contributed by atoms with Gasteiger partial charge in [-0.2, -0.15) is 13.2 Å². The number of rotatable bonds is 6. The van der Waals surface area contributed by atoms with Crippen LogP contribution in [0.5, 0.6) is 5.06 Å². The van der Waals surface area contributed by atoms with Crippen molar-refractivity contribution in [2.75, 3.05) is 6.61 Å². The van der Waals surface area contributed by atoms with Crippen LogP contribution in [0.25, 0.3) is 11.2 Å². The summed E-state index contributed by atoms with van der Waals surface area (Å²) < 4.78 is 41.5. The number of hydrogen-bond acceptors (Lipinski definition) is 5. The Morgan fingerprint density at radius 3 is 3.03 bits per heavy atom. The van der Waals surface area contributed by atoms with Crippen molar-refractivity contribution < 1.29 is 22.7 Å². The maximum absolute atomic E-state index is 12.5. The number of halogens is 4. The van der Waals surface area contributed by atoms with E-state index in [1.807, 2.05) is 0 Å². The first-order valence-electron chi connectivity index (χ1n) is 8.80. The fraction of sp³-hybridized carbons (Fsp3) is 0.389. The molecule has 2 N–H and O–H groups in total. The lowest BCUT2D eigenvalue weighted by atomic mass is 10.2. The molecular weight excluding hydrogens is 429 g/mol. The summed E-state index contributed by atoms with van der Waals surface area (Å²) >= 11 is 7.00. The molecule has 29 heavy (non-hydrogen) atoms. The van der Waals surface area contributed by atoms with Gasteiger partial charge in [-0.1, -0.05) is 11.6 Å². The third-order valence-corrected chi connectivity index (χ3v) is 5.95. The van der Waals surface area contributed by atoms with Gasteiger partial charge in [-0.3, -0.25) is 4.79 Å². The van der Waals surface area contributed by atoms with Gasteiger partial charge >= 0.3 is 6.18 Å². The number of nitrogens with one attached hydrogen (secondary N) is 2. The average Bonchev–Trinajstić information content (AvgIpc) is 3.11. The number of aromatic amines is 1. The van der Waals surface area contributed by atoms with Crippen LogP contribution in [0.2, 0.25) is 5.02 Å². The summed E-state index contributed by atoms with van der Waals surface area (Å²) in [7, 11) is 0. The number of pyridine rings is 1. The van der Waals surface area contributed by atoms with E-state index in [2.05, 4.69) is 20.3 Å². The van der Waals surface area contributed by atoms with E-state index in [0.717, 1.165) is 16.2 Å². The highest BCUT2D eigenvalue weighted by atomic mass is 35.5. The highest BCUT2D eigenvalue weighted by Crippen LogP contribution is 2.47. The van der Waals surface area contributed by atoms with Crippen molar-refractivity contribution in [3.63, 3.8) is 0 Å². The fourth-order valence-electron chi connectivity index (χ4n) is 3.04. The van der Waals surface area contributed by atoms with E-state index in [0.29, 0.717) is 28.4 Å². The topological polar surface area (TPSA) is 79.9 Å². The first-order chi connectivity index (χ1) is 13.7. The predicted molar refractivity (Wildman–Crippen MR) is 102 cm³/mol. The molecule has 1 amide bonds. The molecule has 1 aliphatic carbocycles.